The second-order valence-corrected chi connectivity index (χ2v) is 8.02. The maximum Gasteiger partial charge on any atom is 0.255 e. The van der Waals surface area contributed by atoms with E-state index in [1.54, 1.807) is 6.07 Å². The Hall–Kier alpha value is -1.80. The minimum Gasteiger partial charge on any atom is -0.494 e. The van der Waals surface area contributed by atoms with Gasteiger partial charge in [-0.05, 0) is 31.9 Å². The van der Waals surface area contributed by atoms with Crippen LogP contribution in [0.5, 0.6) is 5.88 Å². The molecular formula is C17H21N5O2S. The van der Waals surface area contributed by atoms with Crippen molar-refractivity contribution in [3.8, 4) is 5.88 Å². The van der Waals surface area contributed by atoms with Crippen molar-refractivity contribution in [1.29, 1.82) is 0 Å². The molecule has 1 aliphatic carbocycles. The molecule has 2 saturated heterocycles. The predicted molar refractivity (Wildman–Crippen MR) is 97.7 cm³/mol. The number of hydrogen-bond acceptors (Lipinski definition) is 7. The number of thioether (sulfide) groups is 1. The first-order chi connectivity index (χ1) is 12.1. The van der Waals surface area contributed by atoms with Crippen LogP contribution in [0.25, 0.3) is 10.9 Å². The molecule has 3 fully saturated rings. The molecule has 2 N–H and O–H groups in total. The van der Waals surface area contributed by atoms with Gasteiger partial charge in [0.15, 0.2) is 5.16 Å². The summed E-state index contributed by atoms with van der Waals surface area (Å²) in [5, 5.41) is 15.8. The van der Waals surface area contributed by atoms with Gasteiger partial charge in [0.25, 0.3) is 5.56 Å². The van der Waals surface area contributed by atoms with Crippen molar-refractivity contribution < 1.29 is 5.11 Å². The van der Waals surface area contributed by atoms with Crippen LogP contribution in [0, 0.1) is 0 Å². The number of nitrogens with zero attached hydrogens (tertiary/aromatic N) is 4. The molecule has 7 nitrogen and oxygen atoms in total. The third kappa shape index (κ3) is 2.50. The van der Waals surface area contributed by atoms with Gasteiger partial charge < -0.3 is 15.3 Å². The average Bonchev–Trinajstić information content (AvgIpc) is 3.38. The topological polar surface area (TPSA) is 83.3 Å². The normalized spacial score (nSPS) is 25.7. The second-order valence-electron chi connectivity index (χ2n) is 7.24. The van der Waals surface area contributed by atoms with Gasteiger partial charge in [-0.2, -0.15) is 0 Å². The summed E-state index contributed by atoms with van der Waals surface area (Å²) >= 11 is 1.46. The molecule has 2 aliphatic heterocycles. The Morgan fingerprint density at radius 3 is 2.56 bits per heavy atom. The Morgan fingerprint density at radius 2 is 1.92 bits per heavy atom. The van der Waals surface area contributed by atoms with E-state index in [1.165, 1.54) is 29.2 Å². The summed E-state index contributed by atoms with van der Waals surface area (Å²) in [4.78, 5) is 23.9. The summed E-state index contributed by atoms with van der Waals surface area (Å²) in [6.45, 7) is 1.75. The fourth-order valence-corrected chi connectivity index (χ4v) is 4.52. The van der Waals surface area contributed by atoms with Crippen LogP contribution in [0.4, 0.5) is 5.82 Å². The number of aromatic nitrogens is 3. The van der Waals surface area contributed by atoms with E-state index >= 15 is 0 Å². The Balaban J connectivity index is 1.72. The molecule has 2 aromatic rings. The van der Waals surface area contributed by atoms with Gasteiger partial charge >= 0.3 is 0 Å². The van der Waals surface area contributed by atoms with Gasteiger partial charge in [-0.25, -0.2) is 9.97 Å². The van der Waals surface area contributed by atoms with Crippen molar-refractivity contribution in [2.45, 2.75) is 49.0 Å². The summed E-state index contributed by atoms with van der Waals surface area (Å²) in [6.07, 6.45) is 6.17. The van der Waals surface area contributed by atoms with E-state index in [4.69, 9.17) is 4.98 Å². The van der Waals surface area contributed by atoms with Crippen LogP contribution in [0.3, 0.4) is 0 Å². The van der Waals surface area contributed by atoms with Crippen LogP contribution < -0.4 is 15.8 Å². The first kappa shape index (κ1) is 15.5. The van der Waals surface area contributed by atoms with E-state index in [2.05, 4.69) is 15.2 Å². The van der Waals surface area contributed by atoms with E-state index < -0.39 is 0 Å². The Labute approximate surface area is 149 Å². The number of nitrogens with one attached hydrogen (secondary N) is 1. The second kappa shape index (κ2) is 5.60. The zero-order valence-electron chi connectivity index (χ0n) is 14.1. The molecule has 2 atom stereocenters. The molecule has 0 amide bonds. The van der Waals surface area contributed by atoms with E-state index in [0.29, 0.717) is 28.1 Å². The minimum absolute atomic E-state index is 0.0264. The molecule has 0 aromatic carbocycles. The molecule has 8 heteroatoms. The van der Waals surface area contributed by atoms with E-state index in [0.717, 1.165) is 31.7 Å². The van der Waals surface area contributed by atoms with Crippen LogP contribution in [0.15, 0.2) is 16.0 Å². The highest BCUT2D eigenvalue weighted by Gasteiger charge is 2.35. The van der Waals surface area contributed by atoms with Gasteiger partial charge in [0.05, 0.1) is 5.52 Å². The quantitative estimate of drug-likeness (QED) is 0.635. The number of piperazine rings is 1. The summed E-state index contributed by atoms with van der Waals surface area (Å²) in [5.74, 6) is 0.790. The van der Waals surface area contributed by atoms with Crippen LogP contribution in [0.2, 0.25) is 0 Å². The van der Waals surface area contributed by atoms with Gasteiger partial charge in [-0.1, -0.05) is 11.8 Å². The maximum atomic E-state index is 12.4. The minimum atomic E-state index is -0.176. The molecule has 0 radical (unpaired) electrons. The third-order valence-electron chi connectivity index (χ3n) is 5.46. The summed E-state index contributed by atoms with van der Waals surface area (Å²) in [6, 6.07) is 2.61. The summed E-state index contributed by atoms with van der Waals surface area (Å²) in [7, 11) is 0. The molecule has 2 unspecified atom stereocenters. The monoisotopic (exact) mass is 359 g/mol. The van der Waals surface area contributed by atoms with Crippen LogP contribution in [-0.2, 0) is 0 Å². The Bertz CT molecular complexity index is 898. The Kier molecular flexibility index (Phi) is 3.46. The van der Waals surface area contributed by atoms with Gasteiger partial charge in [-0.15, -0.1) is 0 Å². The molecule has 0 spiro atoms. The van der Waals surface area contributed by atoms with Crippen LogP contribution in [-0.4, -0.2) is 51.1 Å². The molecule has 5 rings (SSSR count). The smallest absolute Gasteiger partial charge is 0.255 e. The van der Waals surface area contributed by atoms with Crippen molar-refractivity contribution in [2.75, 3.05) is 24.2 Å². The van der Waals surface area contributed by atoms with Crippen LogP contribution in [0.1, 0.15) is 31.7 Å². The first-order valence-electron chi connectivity index (χ1n) is 8.85. The number of aromatic hydroxyl groups is 1. The van der Waals surface area contributed by atoms with Crippen molar-refractivity contribution in [2.24, 2.45) is 0 Å². The van der Waals surface area contributed by atoms with E-state index in [9.17, 15) is 9.90 Å². The lowest BCUT2D eigenvalue weighted by Gasteiger charge is -2.34. The first-order valence-corrected chi connectivity index (χ1v) is 10.1. The largest absolute Gasteiger partial charge is 0.494 e. The van der Waals surface area contributed by atoms with Crippen molar-refractivity contribution in [3.05, 3.63) is 16.4 Å². The highest BCUT2D eigenvalue weighted by Crippen LogP contribution is 2.41. The highest BCUT2D eigenvalue weighted by atomic mass is 32.2. The number of fused-ring (bicyclic) bond motifs is 3. The van der Waals surface area contributed by atoms with Gasteiger partial charge in [0, 0.05) is 37.3 Å². The Morgan fingerprint density at radius 1 is 1.20 bits per heavy atom. The van der Waals surface area contributed by atoms with Gasteiger partial charge in [0.2, 0.25) is 5.88 Å². The molecule has 4 heterocycles. The molecule has 25 heavy (non-hydrogen) atoms. The zero-order chi connectivity index (χ0) is 17.1. The lowest BCUT2D eigenvalue weighted by Crippen LogP contribution is -2.51. The van der Waals surface area contributed by atoms with Crippen molar-refractivity contribution >= 4 is 28.5 Å². The molecule has 132 valence electrons. The maximum absolute atomic E-state index is 12.4. The van der Waals surface area contributed by atoms with E-state index in [1.807, 2.05) is 6.26 Å². The van der Waals surface area contributed by atoms with Gasteiger partial charge in [-0.3, -0.25) is 9.36 Å². The van der Waals surface area contributed by atoms with Crippen LogP contribution >= 0.6 is 11.8 Å². The molecule has 1 saturated carbocycles. The SMILES string of the molecule is CSc1nc(N2CC3CCC(C2)N3)c2c(O)n(C3CC3)c(=O)cc2n1. The van der Waals surface area contributed by atoms with Crippen molar-refractivity contribution in [1.82, 2.24) is 19.9 Å². The summed E-state index contributed by atoms with van der Waals surface area (Å²) in [5.41, 5.74) is 0.365. The highest BCUT2D eigenvalue weighted by molar-refractivity contribution is 7.98. The van der Waals surface area contributed by atoms with Gasteiger partial charge in [0.1, 0.15) is 11.2 Å². The molecule has 2 aromatic heterocycles. The lowest BCUT2D eigenvalue weighted by atomic mass is 10.2. The van der Waals surface area contributed by atoms with Crippen molar-refractivity contribution in [3.63, 3.8) is 0 Å². The predicted octanol–water partition coefficient (Wildman–Crippen LogP) is 1.49. The lowest BCUT2D eigenvalue weighted by molar-refractivity contribution is 0.414. The standard InChI is InChI=1S/C17H21N5O2S/c1-25-17-19-12-6-13(23)22(11-4-5-11)16(24)14(12)15(20-17)21-7-9-2-3-10(8-21)18-9/h6,9-11,18,24H,2-5,7-8H2,1H3. The average molecular weight is 359 g/mol. The molecule has 3 aliphatic rings. The number of hydrogen-bond donors (Lipinski definition) is 2. The molecule has 2 bridgehead atoms. The fourth-order valence-electron chi connectivity index (χ4n) is 4.15. The van der Waals surface area contributed by atoms with E-state index in [-0.39, 0.29) is 17.5 Å². The summed E-state index contributed by atoms with van der Waals surface area (Å²) < 4.78 is 1.52. The number of rotatable bonds is 3. The number of anilines is 1. The fraction of sp³-hybridized carbons (Fsp3) is 0.588. The third-order valence-corrected chi connectivity index (χ3v) is 6.01. The zero-order valence-corrected chi connectivity index (χ0v) is 14.9. The molecular weight excluding hydrogens is 338 g/mol. The number of pyridine rings is 1.